The fraction of sp³-hybridized carbons (Fsp3) is 0.417. The highest BCUT2D eigenvalue weighted by Gasteiger charge is 2.08. The van der Waals surface area contributed by atoms with Crippen LogP contribution < -0.4 is 5.32 Å². The number of nitrogens with one attached hydrogen (secondary N) is 1. The van der Waals surface area contributed by atoms with E-state index in [1.807, 2.05) is 7.05 Å². The van der Waals surface area contributed by atoms with Crippen LogP contribution in [0.5, 0.6) is 0 Å². The van der Waals surface area contributed by atoms with Crippen molar-refractivity contribution in [2.24, 2.45) is 7.05 Å². The smallest absolute Gasteiger partial charge is 0.243 e. The molecule has 0 amide bonds. The Morgan fingerprint density at radius 2 is 2.00 bits per heavy atom. The van der Waals surface area contributed by atoms with Crippen LogP contribution in [0.2, 0.25) is 0 Å². The summed E-state index contributed by atoms with van der Waals surface area (Å²) >= 11 is 0. The Labute approximate surface area is 101 Å². The van der Waals surface area contributed by atoms with Crippen molar-refractivity contribution in [3.05, 3.63) is 35.4 Å². The Kier molecular flexibility index (Phi) is 3.37. The van der Waals surface area contributed by atoms with Gasteiger partial charge in [-0.2, -0.15) is 0 Å². The number of hydrogen-bond donors (Lipinski definition) is 1. The molecule has 0 bridgehead atoms. The van der Waals surface area contributed by atoms with E-state index < -0.39 is 0 Å². The van der Waals surface area contributed by atoms with Crippen molar-refractivity contribution in [3.63, 3.8) is 0 Å². The lowest BCUT2D eigenvalue weighted by atomic mass is 10.1. The predicted molar refractivity (Wildman–Crippen MR) is 66.7 cm³/mol. The van der Waals surface area contributed by atoms with Gasteiger partial charge in [-0.15, -0.1) is 0 Å². The highest BCUT2D eigenvalue weighted by atomic mass is 15.6. The Bertz CT molecular complexity index is 474. The third-order valence-electron chi connectivity index (χ3n) is 2.85. The molecule has 1 N–H and O–H groups in total. The Morgan fingerprint density at radius 1 is 1.29 bits per heavy atom. The monoisotopic (exact) mass is 231 g/mol. The van der Waals surface area contributed by atoms with Gasteiger partial charge < -0.3 is 5.32 Å². The van der Waals surface area contributed by atoms with Gasteiger partial charge in [0, 0.05) is 7.05 Å². The number of nitrogens with zero attached hydrogens (tertiary/aromatic N) is 4. The molecule has 1 unspecified atom stereocenters. The molecule has 0 aliphatic heterocycles. The molecule has 17 heavy (non-hydrogen) atoms. The largest absolute Gasteiger partial charge is 0.347 e. The van der Waals surface area contributed by atoms with Gasteiger partial charge in [0.2, 0.25) is 5.95 Å². The summed E-state index contributed by atoms with van der Waals surface area (Å²) < 4.78 is 1.62. The zero-order valence-electron chi connectivity index (χ0n) is 10.4. The molecule has 5 heteroatoms. The van der Waals surface area contributed by atoms with Gasteiger partial charge in [0.05, 0.1) is 6.04 Å². The van der Waals surface area contributed by atoms with Crippen LogP contribution >= 0.6 is 0 Å². The van der Waals surface area contributed by atoms with Crippen LogP contribution in [0.4, 0.5) is 5.95 Å². The third-order valence-corrected chi connectivity index (χ3v) is 2.85. The summed E-state index contributed by atoms with van der Waals surface area (Å²) in [6.45, 7) is 4.25. The van der Waals surface area contributed by atoms with Crippen molar-refractivity contribution in [1.29, 1.82) is 0 Å². The highest BCUT2D eigenvalue weighted by Crippen LogP contribution is 2.17. The van der Waals surface area contributed by atoms with Gasteiger partial charge in [0.15, 0.2) is 0 Å². The first-order valence-corrected chi connectivity index (χ1v) is 5.78. The molecule has 0 fully saturated rings. The van der Waals surface area contributed by atoms with E-state index in [1.54, 1.807) is 4.68 Å². The third kappa shape index (κ3) is 2.61. The lowest BCUT2D eigenvalue weighted by Gasteiger charge is -2.14. The molecule has 5 nitrogen and oxygen atoms in total. The maximum Gasteiger partial charge on any atom is 0.243 e. The number of tetrazole rings is 1. The van der Waals surface area contributed by atoms with Gasteiger partial charge in [-0.25, -0.2) is 4.68 Å². The molecule has 0 aliphatic carbocycles. The Balaban J connectivity index is 2.09. The molecule has 2 aromatic rings. The molecule has 0 radical (unpaired) electrons. The second-order valence-corrected chi connectivity index (χ2v) is 4.09. The molecule has 1 heterocycles. The summed E-state index contributed by atoms with van der Waals surface area (Å²) in [6, 6.07) is 8.77. The van der Waals surface area contributed by atoms with E-state index in [-0.39, 0.29) is 6.04 Å². The van der Waals surface area contributed by atoms with Crippen molar-refractivity contribution in [1.82, 2.24) is 20.2 Å². The van der Waals surface area contributed by atoms with Crippen LogP contribution in [0.15, 0.2) is 24.3 Å². The van der Waals surface area contributed by atoms with Crippen LogP contribution in [0, 0.1) is 0 Å². The van der Waals surface area contributed by atoms with E-state index in [4.69, 9.17) is 0 Å². The average Bonchev–Trinajstić information content (AvgIpc) is 2.75. The minimum absolute atomic E-state index is 0.186. The number of aromatic nitrogens is 4. The fourth-order valence-electron chi connectivity index (χ4n) is 1.67. The summed E-state index contributed by atoms with van der Waals surface area (Å²) in [6.07, 6.45) is 1.06. The van der Waals surface area contributed by atoms with Crippen LogP contribution in [0.1, 0.15) is 31.0 Å². The molecule has 2 rings (SSSR count). The van der Waals surface area contributed by atoms with E-state index >= 15 is 0 Å². The number of aryl methyl sites for hydroxylation is 2. The number of hydrogen-bond acceptors (Lipinski definition) is 4. The van der Waals surface area contributed by atoms with Gasteiger partial charge >= 0.3 is 0 Å². The van der Waals surface area contributed by atoms with Crippen LogP contribution in [0.3, 0.4) is 0 Å². The normalized spacial score (nSPS) is 12.4. The van der Waals surface area contributed by atoms with E-state index in [9.17, 15) is 0 Å². The first-order chi connectivity index (χ1) is 8.20. The van der Waals surface area contributed by atoms with Gasteiger partial charge in [-0.3, -0.25) is 0 Å². The van der Waals surface area contributed by atoms with Gasteiger partial charge in [-0.05, 0) is 34.9 Å². The summed E-state index contributed by atoms with van der Waals surface area (Å²) in [5.74, 6) is 0.678. The Morgan fingerprint density at radius 3 is 2.53 bits per heavy atom. The molecular formula is C12H17N5. The standard InChI is InChI=1S/C12H17N5/c1-4-10-5-7-11(8-6-10)9(2)13-12-14-15-16-17(12)3/h5-9H,4H2,1-3H3,(H,13,14,16). The first kappa shape index (κ1) is 11.6. The van der Waals surface area contributed by atoms with Crippen molar-refractivity contribution < 1.29 is 0 Å². The highest BCUT2D eigenvalue weighted by molar-refractivity contribution is 5.32. The molecule has 1 aromatic carbocycles. The molecule has 1 aromatic heterocycles. The maximum atomic E-state index is 3.91. The zero-order chi connectivity index (χ0) is 12.3. The fourth-order valence-corrected chi connectivity index (χ4v) is 1.67. The van der Waals surface area contributed by atoms with Crippen molar-refractivity contribution in [3.8, 4) is 0 Å². The van der Waals surface area contributed by atoms with E-state index in [0.29, 0.717) is 5.95 Å². The quantitative estimate of drug-likeness (QED) is 0.873. The number of anilines is 1. The minimum Gasteiger partial charge on any atom is -0.347 e. The molecule has 0 saturated carbocycles. The van der Waals surface area contributed by atoms with Gasteiger partial charge in [0.25, 0.3) is 0 Å². The van der Waals surface area contributed by atoms with Gasteiger partial charge in [0.1, 0.15) is 0 Å². The molecule has 0 saturated heterocycles. The molecular weight excluding hydrogens is 214 g/mol. The summed E-state index contributed by atoms with van der Waals surface area (Å²) in [7, 11) is 1.81. The van der Waals surface area contributed by atoms with Crippen molar-refractivity contribution in [2.45, 2.75) is 26.3 Å². The summed E-state index contributed by atoms with van der Waals surface area (Å²) in [4.78, 5) is 0. The second-order valence-electron chi connectivity index (χ2n) is 4.09. The van der Waals surface area contributed by atoms with Crippen LogP contribution in [-0.2, 0) is 13.5 Å². The Hall–Kier alpha value is -1.91. The van der Waals surface area contributed by atoms with Crippen LogP contribution in [-0.4, -0.2) is 20.2 Å². The number of benzene rings is 1. The van der Waals surface area contributed by atoms with Crippen molar-refractivity contribution >= 4 is 5.95 Å². The molecule has 0 spiro atoms. The van der Waals surface area contributed by atoms with Gasteiger partial charge in [-0.1, -0.05) is 36.3 Å². The molecule has 1 atom stereocenters. The first-order valence-electron chi connectivity index (χ1n) is 5.78. The maximum absolute atomic E-state index is 3.91. The lowest BCUT2D eigenvalue weighted by Crippen LogP contribution is -2.10. The average molecular weight is 231 g/mol. The second kappa shape index (κ2) is 4.95. The van der Waals surface area contributed by atoms with Crippen molar-refractivity contribution in [2.75, 3.05) is 5.32 Å². The topological polar surface area (TPSA) is 55.6 Å². The van der Waals surface area contributed by atoms with Crippen LogP contribution in [0.25, 0.3) is 0 Å². The lowest BCUT2D eigenvalue weighted by molar-refractivity contribution is 0.706. The predicted octanol–water partition coefficient (Wildman–Crippen LogP) is 1.95. The number of rotatable bonds is 4. The summed E-state index contributed by atoms with van der Waals surface area (Å²) in [5, 5.41) is 14.6. The zero-order valence-corrected chi connectivity index (χ0v) is 10.4. The van der Waals surface area contributed by atoms with E-state index in [1.165, 1.54) is 11.1 Å². The van der Waals surface area contributed by atoms with E-state index in [2.05, 4.69) is 59.0 Å². The molecule has 0 aliphatic rings. The molecule has 90 valence electrons. The SMILES string of the molecule is CCc1ccc(C(C)Nc2nnnn2C)cc1. The summed E-state index contributed by atoms with van der Waals surface area (Å²) in [5.41, 5.74) is 2.58. The minimum atomic E-state index is 0.186. The van der Waals surface area contributed by atoms with E-state index in [0.717, 1.165) is 6.42 Å².